The summed E-state index contributed by atoms with van der Waals surface area (Å²) < 4.78 is 6.11. The monoisotopic (exact) mass is 386 g/mol. The second-order valence-electron chi connectivity index (χ2n) is 5.23. The summed E-state index contributed by atoms with van der Waals surface area (Å²) in [6, 6.07) is 14.2. The van der Waals surface area contributed by atoms with Crippen LogP contribution in [0.4, 0.5) is 0 Å². The molecule has 0 fully saturated rings. The fourth-order valence-electron chi connectivity index (χ4n) is 2.53. The zero-order chi connectivity index (χ0) is 17.1. The highest BCUT2D eigenvalue weighted by Gasteiger charge is 2.13. The number of aromatic amines is 1. The Balaban J connectivity index is 1.91. The highest BCUT2D eigenvalue weighted by atomic mass is 79.9. The topological polar surface area (TPSA) is 71.2 Å². The fraction of sp³-hybridized carbons (Fsp3) is 0.111. The van der Waals surface area contributed by atoms with Gasteiger partial charge < -0.3 is 15.0 Å². The van der Waals surface area contributed by atoms with Crippen LogP contribution in [0.15, 0.2) is 57.8 Å². The molecule has 0 atom stereocenters. The molecule has 0 radical (unpaired) electrons. The molecule has 5 nitrogen and oxygen atoms in total. The van der Waals surface area contributed by atoms with Crippen LogP contribution in [-0.2, 0) is 6.54 Å². The Kier molecular flexibility index (Phi) is 4.66. The Labute approximate surface area is 146 Å². The van der Waals surface area contributed by atoms with Gasteiger partial charge in [-0.15, -0.1) is 0 Å². The van der Waals surface area contributed by atoms with E-state index < -0.39 is 0 Å². The van der Waals surface area contributed by atoms with Crippen molar-refractivity contribution in [1.29, 1.82) is 0 Å². The molecule has 3 aromatic rings. The van der Waals surface area contributed by atoms with E-state index in [1.807, 2.05) is 36.4 Å². The predicted octanol–water partition coefficient (Wildman–Crippen LogP) is 3.23. The molecule has 0 saturated carbocycles. The summed E-state index contributed by atoms with van der Waals surface area (Å²) in [5, 5.41) is 3.52. The molecule has 1 heterocycles. The number of pyridine rings is 1. The Morgan fingerprint density at radius 2 is 2.00 bits per heavy atom. The lowest BCUT2D eigenvalue weighted by Gasteiger charge is -2.11. The molecule has 24 heavy (non-hydrogen) atoms. The molecular weight excluding hydrogens is 372 g/mol. The van der Waals surface area contributed by atoms with Crippen molar-refractivity contribution in [2.75, 3.05) is 7.11 Å². The normalized spacial score (nSPS) is 10.6. The van der Waals surface area contributed by atoms with Gasteiger partial charge in [0.25, 0.3) is 5.91 Å². The van der Waals surface area contributed by atoms with Crippen molar-refractivity contribution in [2.24, 2.45) is 0 Å². The number of nitrogens with one attached hydrogen (secondary N) is 2. The van der Waals surface area contributed by atoms with E-state index >= 15 is 0 Å². The van der Waals surface area contributed by atoms with Gasteiger partial charge in [0, 0.05) is 33.6 Å². The van der Waals surface area contributed by atoms with Crippen molar-refractivity contribution in [3.05, 3.63) is 74.5 Å². The van der Waals surface area contributed by atoms with E-state index in [1.54, 1.807) is 13.2 Å². The van der Waals surface area contributed by atoms with Gasteiger partial charge in [-0.2, -0.15) is 0 Å². The third kappa shape index (κ3) is 3.33. The molecule has 2 N–H and O–H groups in total. The largest absolute Gasteiger partial charge is 0.496 e. The summed E-state index contributed by atoms with van der Waals surface area (Å²) >= 11 is 3.39. The third-order valence-electron chi connectivity index (χ3n) is 3.68. The molecule has 122 valence electrons. The summed E-state index contributed by atoms with van der Waals surface area (Å²) in [6.07, 6.45) is 0. The molecule has 0 unspecified atom stereocenters. The summed E-state index contributed by atoms with van der Waals surface area (Å²) in [4.78, 5) is 27.1. The van der Waals surface area contributed by atoms with Gasteiger partial charge in [0.05, 0.1) is 12.7 Å². The van der Waals surface area contributed by atoms with Crippen molar-refractivity contribution in [3.63, 3.8) is 0 Å². The maximum Gasteiger partial charge on any atom is 0.252 e. The molecule has 1 amide bonds. The van der Waals surface area contributed by atoms with E-state index in [0.717, 1.165) is 10.0 Å². The number of carbonyl (C=O) groups is 1. The smallest absolute Gasteiger partial charge is 0.252 e. The van der Waals surface area contributed by atoms with E-state index in [1.165, 1.54) is 6.07 Å². The first-order valence-electron chi connectivity index (χ1n) is 7.31. The molecule has 0 bridgehead atoms. The average Bonchev–Trinajstić information content (AvgIpc) is 2.59. The lowest BCUT2D eigenvalue weighted by molar-refractivity contribution is 0.0952. The molecule has 0 spiro atoms. The minimum atomic E-state index is -0.313. The zero-order valence-corrected chi connectivity index (χ0v) is 14.5. The molecule has 2 aromatic carbocycles. The standard InChI is InChI=1S/C18H15BrN2O3/c1-24-16-5-3-2-4-11(16)10-20-18(23)14-9-17(22)21-15-7-6-12(19)8-13(14)15/h2-9H,10H2,1H3,(H,20,23)(H,21,22). The van der Waals surface area contributed by atoms with Gasteiger partial charge in [-0.3, -0.25) is 9.59 Å². The lowest BCUT2D eigenvalue weighted by Crippen LogP contribution is -2.25. The molecule has 0 aliphatic carbocycles. The Bertz CT molecular complexity index is 966. The van der Waals surface area contributed by atoms with E-state index in [2.05, 4.69) is 26.2 Å². The highest BCUT2D eigenvalue weighted by Crippen LogP contribution is 2.21. The van der Waals surface area contributed by atoms with E-state index in [0.29, 0.717) is 28.8 Å². The first kappa shape index (κ1) is 16.3. The zero-order valence-electron chi connectivity index (χ0n) is 12.9. The molecule has 0 saturated heterocycles. The Morgan fingerprint density at radius 1 is 1.21 bits per heavy atom. The van der Waals surface area contributed by atoms with Crippen molar-refractivity contribution in [3.8, 4) is 5.75 Å². The van der Waals surface area contributed by atoms with E-state index in [9.17, 15) is 9.59 Å². The van der Waals surface area contributed by atoms with E-state index in [4.69, 9.17) is 4.74 Å². The predicted molar refractivity (Wildman–Crippen MR) is 96.4 cm³/mol. The second-order valence-corrected chi connectivity index (χ2v) is 6.15. The third-order valence-corrected chi connectivity index (χ3v) is 4.17. The van der Waals surface area contributed by atoms with Crippen LogP contribution in [0, 0.1) is 0 Å². The quantitative estimate of drug-likeness (QED) is 0.722. The number of carbonyl (C=O) groups excluding carboxylic acids is 1. The minimum absolute atomic E-state index is 0.310. The number of rotatable bonds is 4. The molecule has 3 rings (SSSR count). The SMILES string of the molecule is COc1ccccc1CNC(=O)c1cc(=O)[nH]c2ccc(Br)cc12. The molecular formula is C18H15BrN2O3. The van der Waals surface area contributed by atoms with Crippen LogP contribution in [0.2, 0.25) is 0 Å². The van der Waals surface area contributed by atoms with Crippen LogP contribution >= 0.6 is 15.9 Å². The van der Waals surface area contributed by atoms with Gasteiger partial charge in [-0.1, -0.05) is 34.1 Å². The van der Waals surface area contributed by atoms with Gasteiger partial charge >= 0.3 is 0 Å². The number of hydrogen-bond donors (Lipinski definition) is 2. The van der Waals surface area contributed by atoms with Crippen LogP contribution in [-0.4, -0.2) is 18.0 Å². The number of para-hydroxylation sites is 1. The van der Waals surface area contributed by atoms with Gasteiger partial charge in [0.2, 0.25) is 5.56 Å². The Morgan fingerprint density at radius 3 is 2.79 bits per heavy atom. The number of ether oxygens (including phenoxy) is 1. The van der Waals surface area contributed by atoms with E-state index in [-0.39, 0.29) is 11.5 Å². The molecule has 1 aromatic heterocycles. The Hall–Kier alpha value is -2.60. The number of benzene rings is 2. The average molecular weight is 387 g/mol. The summed E-state index contributed by atoms with van der Waals surface area (Å²) in [6.45, 7) is 0.311. The van der Waals surface area contributed by atoms with Crippen LogP contribution in [0.3, 0.4) is 0 Å². The number of methoxy groups -OCH3 is 1. The minimum Gasteiger partial charge on any atom is -0.496 e. The van der Waals surface area contributed by atoms with Gasteiger partial charge in [0.15, 0.2) is 0 Å². The highest BCUT2D eigenvalue weighted by molar-refractivity contribution is 9.10. The summed E-state index contributed by atoms with van der Waals surface area (Å²) in [7, 11) is 1.59. The van der Waals surface area contributed by atoms with Crippen LogP contribution in [0.5, 0.6) is 5.75 Å². The number of hydrogen-bond acceptors (Lipinski definition) is 3. The first-order valence-corrected chi connectivity index (χ1v) is 8.10. The number of amides is 1. The second kappa shape index (κ2) is 6.88. The van der Waals surface area contributed by atoms with Crippen molar-refractivity contribution >= 4 is 32.7 Å². The van der Waals surface area contributed by atoms with Crippen LogP contribution in [0.1, 0.15) is 15.9 Å². The van der Waals surface area contributed by atoms with Crippen molar-refractivity contribution < 1.29 is 9.53 Å². The molecule has 0 aliphatic rings. The van der Waals surface area contributed by atoms with Crippen LogP contribution in [0.25, 0.3) is 10.9 Å². The van der Waals surface area contributed by atoms with Crippen molar-refractivity contribution in [1.82, 2.24) is 10.3 Å². The van der Waals surface area contributed by atoms with Gasteiger partial charge in [-0.05, 0) is 24.3 Å². The number of fused-ring (bicyclic) bond motifs is 1. The van der Waals surface area contributed by atoms with Crippen molar-refractivity contribution in [2.45, 2.75) is 6.54 Å². The van der Waals surface area contributed by atoms with Gasteiger partial charge in [-0.25, -0.2) is 0 Å². The maximum absolute atomic E-state index is 12.6. The fourth-order valence-corrected chi connectivity index (χ4v) is 2.89. The molecule has 0 aliphatic heterocycles. The lowest BCUT2D eigenvalue weighted by atomic mass is 10.1. The van der Waals surface area contributed by atoms with Crippen LogP contribution < -0.4 is 15.6 Å². The van der Waals surface area contributed by atoms with Gasteiger partial charge in [0.1, 0.15) is 5.75 Å². The number of aromatic nitrogens is 1. The summed E-state index contributed by atoms with van der Waals surface area (Å²) in [5.74, 6) is 0.395. The molecule has 6 heteroatoms. The first-order chi connectivity index (χ1) is 11.6. The number of halogens is 1. The number of H-pyrrole nitrogens is 1. The summed E-state index contributed by atoms with van der Waals surface area (Å²) in [5.41, 5.74) is 1.51. The maximum atomic E-state index is 12.6.